The van der Waals surface area contributed by atoms with Crippen LogP contribution in [0.2, 0.25) is 5.02 Å². The molecule has 3 aromatic carbocycles. The number of aromatic nitrogens is 2. The van der Waals surface area contributed by atoms with Gasteiger partial charge >= 0.3 is 0 Å². The van der Waals surface area contributed by atoms with Crippen LogP contribution in [0.5, 0.6) is 0 Å². The van der Waals surface area contributed by atoms with Crippen molar-refractivity contribution < 1.29 is 4.42 Å². The van der Waals surface area contributed by atoms with Gasteiger partial charge in [-0.15, -0.1) is 10.2 Å². The van der Waals surface area contributed by atoms with E-state index in [2.05, 4.69) is 70.6 Å². The van der Waals surface area contributed by atoms with Crippen molar-refractivity contribution >= 4 is 17.7 Å². The van der Waals surface area contributed by atoms with Crippen molar-refractivity contribution in [3.8, 4) is 11.5 Å². The molecule has 0 radical (unpaired) electrons. The van der Waals surface area contributed by atoms with Crippen molar-refractivity contribution in [3.63, 3.8) is 0 Å². The summed E-state index contributed by atoms with van der Waals surface area (Å²) in [5.41, 5.74) is 3.16. The minimum Gasteiger partial charge on any atom is -0.419 e. The maximum absolute atomic E-state index is 6.14. The van der Waals surface area contributed by atoms with Gasteiger partial charge in [-0.05, 0) is 35.9 Å². The van der Waals surface area contributed by atoms with Crippen LogP contribution in [-0.4, -0.2) is 21.6 Å². The summed E-state index contributed by atoms with van der Waals surface area (Å²) in [6, 6.07) is 27.9. The summed E-state index contributed by atoms with van der Waals surface area (Å²) < 4.78 is 6.12. The van der Waals surface area contributed by atoms with E-state index in [0.717, 1.165) is 24.2 Å². The van der Waals surface area contributed by atoms with Crippen LogP contribution in [0.4, 0.5) is 0 Å². The van der Waals surface area contributed by atoms with Crippen molar-refractivity contribution in [1.82, 2.24) is 15.1 Å². The fourth-order valence-electron chi connectivity index (χ4n) is 3.44. The summed E-state index contributed by atoms with van der Waals surface area (Å²) in [6.45, 7) is 3.74. The zero-order chi connectivity index (χ0) is 21.5. The molecule has 0 bridgehead atoms. The van der Waals surface area contributed by atoms with Crippen LogP contribution in [0, 0.1) is 0 Å². The third-order valence-electron chi connectivity index (χ3n) is 5.06. The van der Waals surface area contributed by atoms with Gasteiger partial charge in [-0.2, -0.15) is 0 Å². The van der Waals surface area contributed by atoms with Gasteiger partial charge in [-0.25, -0.2) is 0 Å². The average molecular weight is 430 g/mol. The minimum absolute atomic E-state index is 0.161. The molecule has 0 fully saturated rings. The first-order chi connectivity index (χ1) is 15.2. The predicted molar refractivity (Wildman–Crippen MR) is 125 cm³/mol. The van der Waals surface area contributed by atoms with Gasteiger partial charge in [0.2, 0.25) is 11.8 Å². The number of benzene rings is 3. The molecule has 0 amide bonds. The Morgan fingerprint density at radius 1 is 0.935 bits per heavy atom. The van der Waals surface area contributed by atoms with E-state index in [0.29, 0.717) is 16.8 Å². The smallest absolute Gasteiger partial charge is 0.247 e. The van der Waals surface area contributed by atoms with E-state index in [9.17, 15) is 0 Å². The molecule has 0 saturated carbocycles. The first-order valence-corrected chi connectivity index (χ1v) is 10.7. The molecular formula is C26H24ClN3O. The van der Waals surface area contributed by atoms with E-state index in [4.69, 9.17) is 16.0 Å². The van der Waals surface area contributed by atoms with E-state index in [1.807, 2.05) is 48.5 Å². The van der Waals surface area contributed by atoms with Gasteiger partial charge in [0.1, 0.15) is 6.04 Å². The second-order valence-corrected chi connectivity index (χ2v) is 7.66. The molecular weight excluding hydrogens is 406 g/mol. The molecule has 4 nitrogen and oxygen atoms in total. The predicted octanol–water partition coefficient (Wildman–Crippen LogP) is 6.67. The number of likely N-dealkylation sites (N-methyl/N-ethyl adjacent to an activating group) is 1. The molecule has 5 heteroatoms. The normalized spacial score (nSPS) is 12.5. The molecule has 1 aromatic heterocycles. The Hall–Kier alpha value is -3.21. The maximum Gasteiger partial charge on any atom is 0.247 e. The highest BCUT2D eigenvalue weighted by Crippen LogP contribution is 2.28. The summed E-state index contributed by atoms with van der Waals surface area (Å²) in [4.78, 5) is 2.31. The van der Waals surface area contributed by atoms with Crippen molar-refractivity contribution in [2.24, 2.45) is 0 Å². The second kappa shape index (κ2) is 10.2. The second-order valence-electron chi connectivity index (χ2n) is 7.22. The Kier molecular flexibility index (Phi) is 6.92. The topological polar surface area (TPSA) is 42.2 Å². The van der Waals surface area contributed by atoms with Gasteiger partial charge in [-0.1, -0.05) is 97.4 Å². The van der Waals surface area contributed by atoms with E-state index >= 15 is 0 Å². The number of halogens is 1. The Balaban J connectivity index is 1.67. The van der Waals surface area contributed by atoms with Crippen LogP contribution in [0.25, 0.3) is 17.5 Å². The molecule has 0 N–H and O–H groups in total. The van der Waals surface area contributed by atoms with Crippen molar-refractivity contribution in [2.45, 2.75) is 19.5 Å². The highest BCUT2D eigenvalue weighted by molar-refractivity contribution is 6.30. The number of rotatable bonds is 8. The summed E-state index contributed by atoms with van der Waals surface area (Å²) in [7, 11) is 0. The first-order valence-electron chi connectivity index (χ1n) is 10.3. The first kappa shape index (κ1) is 21.0. The summed E-state index contributed by atoms with van der Waals surface area (Å²) >= 11 is 6.14. The fraction of sp³-hybridized carbons (Fsp3) is 0.154. The number of hydrogen-bond donors (Lipinski definition) is 0. The molecule has 4 rings (SSSR count). The molecule has 0 aliphatic rings. The molecule has 1 unspecified atom stereocenters. The third-order valence-corrected chi connectivity index (χ3v) is 5.30. The van der Waals surface area contributed by atoms with Crippen LogP contribution in [0.15, 0.2) is 95.4 Å². The lowest BCUT2D eigenvalue weighted by Gasteiger charge is -2.26. The van der Waals surface area contributed by atoms with Gasteiger partial charge < -0.3 is 4.42 Å². The highest BCUT2D eigenvalue weighted by Gasteiger charge is 2.23. The quantitative estimate of drug-likeness (QED) is 0.314. The van der Waals surface area contributed by atoms with Crippen molar-refractivity contribution in [1.29, 1.82) is 0 Å². The molecule has 0 aliphatic carbocycles. The summed E-state index contributed by atoms with van der Waals surface area (Å²) in [6.07, 6.45) is 4.22. The Morgan fingerprint density at radius 3 is 2.39 bits per heavy atom. The molecule has 0 saturated heterocycles. The van der Waals surface area contributed by atoms with Crippen LogP contribution in [0.1, 0.15) is 30.0 Å². The van der Waals surface area contributed by atoms with E-state index in [1.54, 1.807) is 0 Å². The molecule has 156 valence electrons. The van der Waals surface area contributed by atoms with Crippen LogP contribution < -0.4 is 0 Å². The van der Waals surface area contributed by atoms with Crippen molar-refractivity contribution in [3.05, 3.63) is 113 Å². The third kappa shape index (κ3) is 5.48. The average Bonchev–Trinajstić information content (AvgIpc) is 3.30. The Bertz CT molecular complexity index is 1130. The fourth-order valence-corrected chi connectivity index (χ4v) is 3.63. The molecule has 1 heterocycles. The zero-order valence-corrected chi connectivity index (χ0v) is 18.1. The van der Waals surface area contributed by atoms with Gasteiger partial charge in [0.15, 0.2) is 0 Å². The van der Waals surface area contributed by atoms with Crippen LogP contribution in [0.3, 0.4) is 0 Å². The molecule has 0 aliphatic heterocycles. The Morgan fingerprint density at radius 2 is 1.68 bits per heavy atom. The maximum atomic E-state index is 6.14. The molecule has 0 spiro atoms. The van der Waals surface area contributed by atoms with Gasteiger partial charge in [0, 0.05) is 17.1 Å². The SMILES string of the molecule is CCN(Cc1ccccc1)C(/C=C/c1ccccc1)c1nnc(-c2cccc(Cl)c2)o1. The molecule has 1 atom stereocenters. The largest absolute Gasteiger partial charge is 0.419 e. The minimum atomic E-state index is -0.161. The number of hydrogen-bond acceptors (Lipinski definition) is 4. The van der Waals surface area contributed by atoms with Gasteiger partial charge in [-0.3, -0.25) is 4.90 Å². The van der Waals surface area contributed by atoms with E-state index in [-0.39, 0.29) is 6.04 Å². The lowest BCUT2D eigenvalue weighted by molar-refractivity contribution is 0.206. The van der Waals surface area contributed by atoms with E-state index < -0.39 is 0 Å². The number of nitrogens with zero attached hydrogens (tertiary/aromatic N) is 3. The summed E-state index contributed by atoms with van der Waals surface area (Å²) in [5, 5.41) is 9.32. The van der Waals surface area contributed by atoms with E-state index in [1.165, 1.54) is 5.56 Å². The van der Waals surface area contributed by atoms with Gasteiger partial charge in [0.05, 0.1) is 0 Å². The lowest BCUT2D eigenvalue weighted by atomic mass is 10.1. The lowest BCUT2D eigenvalue weighted by Crippen LogP contribution is -2.27. The molecule has 31 heavy (non-hydrogen) atoms. The monoisotopic (exact) mass is 429 g/mol. The summed E-state index contributed by atoms with van der Waals surface area (Å²) in [5.74, 6) is 1.02. The van der Waals surface area contributed by atoms with Crippen LogP contribution >= 0.6 is 11.6 Å². The highest BCUT2D eigenvalue weighted by atomic mass is 35.5. The van der Waals surface area contributed by atoms with Crippen LogP contribution in [-0.2, 0) is 6.54 Å². The van der Waals surface area contributed by atoms with Gasteiger partial charge in [0.25, 0.3) is 0 Å². The Labute approximate surface area is 187 Å². The zero-order valence-electron chi connectivity index (χ0n) is 17.4. The molecule has 4 aromatic rings. The van der Waals surface area contributed by atoms with Crippen molar-refractivity contribution in [2.75, 3.05) is 6.54 Å². The standard InChI is InChI=1S/C26H24ClN3O/c1-2-30(19-21-12-7-4-8-13-21)24(17-16-20-10-5-3-6-11-20)26-29-28-25(31-26)22-14-9-15-23(27)18-22/h3-18,24H,2,19H2,1H3/b17-16+.